The van der Waals surface area contributed by atoms with Gasteiger partial charge in [-0.2, -0.15) is 24.4 Å². The molecule has 13 heteroatoms. The standard InChI is InChI=1S/C17H29N5O6S2/c1-30-6-4-10(17(27)28)20-16(26)12(8-29)22-15(25)11(7-13(18)23)21-14(24)9-3-2-5-19-9/h9-12,19,29H,2-8H2,1H3,(H2,18,23)(H,20,26)(H,21,24)(H,22,25)(H,27,28). The lowest BCUT2D eigenvalue weighted by Crippen LogP contribution is -2.58. The van der Waals surface area contributed by atoms with Gasteiger partial charge < -0.3 is 32.1 Å². The maximum atomic E-state index is 12.6. The molecule has 4 unspecified atom stereocenters. The summed E-state index contributed by atoms with van der Waals surface area (Å²) in [6, 6.07) is -4.00. The molecule has 0 aromatic heterocycles. The highest BCUT2D eigenvalue weighted by atomic mass is 32.2. The lowest BCUT2D eigenvalue weighted by atomic mass is 10.1. The minimum Gasteiger partial charge on any atom is -0.480 e. The lowest BCUT2D eigenvalue weighted by Gasteiger charge is -2.24. The Kier molecular flexibility index (Phi) is 11.6. The first-order chi connectivity index (χ1) is 14.2. The number of thioether (sulfide) groups is 1. The number of carbonyl (C=O) groups is 5. The predicted molar refractivity (Wildman–Crippen MR) is 115 cm³/mol. The van der Waals surface area contributed by atoms with E-state index in [0.717, 1.165) is 6.42 Å². The van der Waals surface area contributed by atoms with E-state index in [1.807, 2.05) is 6.26 Å². The molecule has 0 bridgehead atoms. The molecule has 4 amide bonds. The zero-order valence-electron chi connectivity index (χ0n) is 16.7. The first-order valence-electron chi connectivity index (χ1n) is 9.45. The fourth-order valence-electron chi connectivity index (χ4n) is 2.82. The summed E-state index contributed by atoms with van der Waals surface area (Å²) in [4.78, 5) is 60.0. The van der Waals surface area contributed by atoms with Crippen LogP contribution in [0, 0.1) is 0 Å². The van der Waals surface area contributed by atoms with Gasteiger partial charge >= 0.3 is 5.97 Å². The van der Waals surface area contributed by atoms with Crippen molar-refractivity contribution >= 4 is 54.0 Å². The molecule has 7 N–H and O–H groups in total. The quantitative estimate of drug-likeness (QED) is 0.151. The molecule has 0 spiro atoms. The van der Waals surface area contributed by atoms with Crippen LogP contribution in [0.25, 0.3) is 0 Å². The number of carboxylic acids is 1. The summed E-state index contributed by atoms with van der Waals surface area (Å²) in [7, 11) is 0. The molecule has 0 saturated carbocycles. The summed E-state index contributed by atoms with van der Waals surface area (Å²) in [5, 5.41) is 19.5. The van der Waals surface area contributed by atoms with Crippen molar-refractivity contribution in [2.45, 2.75) is 49.9 Å². The molecule has 0 aromatic carbocycles. The minimum atomic E-state index is -1.26. The van der Waals surface area contributed by atoms with Gasteiger partial charge in [0.2, 0.25) is 23.6 Å². The largest absolute Gasteiger partial charge is 0.480 e. The molecule has 11 nitrogen and oxygen atoms in total. The summed E-state index contributed by atoms with van der Waals surface area (Å²) >= 11 is 5.47. The molecule has 0 aromatic rings. The molecule has 30 heavy (non-hydrogen) atoms. The Balaban J connectivity index is 2.77. The normalized spacial score (nSPS) is 18.7. The number of carboxylic acid groups (broad SMARTS) is 1. The SMILES string of the molecule is CSCCC(NC(=O)C(CS)NC(=O)C(CC(N)=O)NC(=O)C1CCCN1)C(=O)O. The third kappa shape index (κ3) is 8.79. The summed E-state index contributed by atoms with van der Waals surface area (Å²) in [6.07, 6.45) is 2.99. The Morgan fingerprint density at radius 1 is 1.13 bits per heavy atom. The van der Waals surface area contributed by atoms with Crippen molar-refractivity contribution in [3.63, 3.8) is 0 Å². The number of hydrogen-bond acceptors (Lipinski definition) is 8. The van der Waals surface area contributed by atoms with Crippen LogP contribution in [0.3, 0.4) is 0 Å². The van der Waals surface area contributed by atoms with Crippen molar-refractivity contribution in [3.8, 4) is 0 Å². The summed E-state index contributed by atoms with van der Waals surface area (Å²) in [6.45, 7) is 0.675. The van der Waals surface area contributed by atoms with E-state index in [2.05, 4.69) is 33.9 Å². The van der Waals surface area contributed by atoms with Crippen molar-refractivity contribution in [1.82, 2.24) is 21.3 Å². The molecular weight excluding hydrogens is 434 g/mol. The lowest BCUT2D eigenvalue weighted by molar-refractivity contribution is -0.142. The van der Waals surface area contributed by atoms with Crippen LogP contribution in [-0.2, 0) is 24.0 Å². The van der Waals surface area contributed by atoms with Crippen LogP contribution in [0.1, 0.15) is 25.7 Å². The van der Waals surface area contributed by atoms with E-state index in [4.69, 9.17) is 5.73 Å². The van der Waals surface area contributed by atoms with Crippen LogP contribution in [0.2, 0.25) is 0 Å². The maximum absolute atomic E-state index is 12.6. The Labute approximate surface area is 184 Å². The van der Waals surface area contributed by atoms with E-state index in [1.165, 1.54) is 11.8 Å². The van der Waals surface area contributed by atoms with Crippen molar-refractivity contribution in [2.75, 3.05) is 24.3 Å². The number of primary amides is 1. The number of amides is 4. The zero-order chi connectivity index (χ0) is 22.7. The second kappa shape index (κ2) is 13.3. The van der Waals surface area contributed by atoms with Gasteiger partial charge in [-0.1, -0.05) is 0 Å². The van der Waals surface area contributed by atoms with Crippen LogP contribution < -0.4 is 27.0 Å². The molecule has 1 heterocycles. The highest BCUT2D eigenvalue weighted by Crippen LogP contribution is 2.06. The summed E-state index contributed by atoms with van der Waals surface area (Å²) in [5.74, 6) is -3.54. The zero-order valence-corrected chi connectivity index (χ0v) is 18.4. The second-order valence-corrected chi connectivity index (χ2v) is 8.16. The number of aliphatic carboxylic acids is 1. The number of nitrogens with two attached hydrogens (primary N) is 1. The first-order valence-corrected chi connectivity index (χ1v) is 11.5. The number of rotatable bonds is 13. The van der Waals surface area contributed by atoms with E-state index in [-0.39, 0.29) is 12.2 Å². The predicted octanol–water partition coefficient (Wildman–Crippen LogP) is -2.16. The monoisotopic (exact) mass is 463 g/mol. The van der Waals surface area contributed by atoms with E-state index in [1.54, 1.807) is 0 Å². The van der Waals surface area contributed by atoms with Gasteiger partial charge in [-0.05, 0) is 37.8 Å². The van der Waals surface area contributed by atoms with Gasteiger partial charge in [-0.3, -0.25) is 19.2 Å². The van der Waals surface area contributed by atoms with Crippen molar-refractivity contribution in [3.05, 3.63) is 0 Å². The third-order valence-corrected chi connectivity index (χ3v) is 5.46. The Hall–Kier alpha value is -1.99. The number of nitrogens with one attached hydrogen (secondary N) is 4. The second-order valence-electron chi connectivity index (χ2n) is 6.81. The average molecular weight is 464 g/mol. The average Bonchev–Trinajstić information content (AvgIpc) is 3.22. The Bertz CT molecular complexity index is 644. The van der Waals surface area contributed by atoms with Crippen LogP contribution >= 0.6 is 24.4 Å². The highest BCUT2D eigenvalue weighted by Gasteiger charge is 2.31. The van der Waals surface area contributed by atoms with Gasteiger partial charge in [-0.15, -0.1) is 0 Å². The molecular formula is C17H29N5O6S2. The molecule has 1 aliphatic rings. The number of thiol groups is 1. The topological polar surface area (TPSA) is 180 Å². The Morgan fingerprint density at radius 3 is 2.27 bits per heavy atom. The molecule has 1 saturated heterocycles. The smallest absolute Gasteiger partial charge is 0.326 e. The van der Waals surface area contributed by atoms with E-state index < -0.39 is 60.2 Å². The Morgan fingerprint density at radius 2 is 1.77 bits per heavy atom. The van der Waals surface area contributed by atoms with Crippen molar-refractivity contribution in [1.29, 1.82) is 0 Å². The van der Waals surface area contributed by atoms with Crippen LogP contribution in [0.4, 0.5) is 0 Å². The molecule has 1 aliphatic heterocycles. The molecule has 0 radical (unpaired) electrons. The van der Waals surface area contributed by atoms with E-state index in [9.17, 15) is 29.1 Å². The van der Waals surface area contributed by atoms with Gasteiger partial charge in [0.1, 0.15) is 18.1 Å². The molecule has 170 valence electrons. The summed E-state index contributed by atoms with van der Waals surface area (Å²) < 4.78 is 0. The van der Waals surface area contributed by atoms with Crippen molar-refractivity contribution < 1.29 is 29.1 Å². The van der Waals surface area contributed by atoms with Crippen LogP contribution in [-0.4, -0.2) is 83.2 Å². The first kappa shape index (κ1) is 26.0. The van der Waals surface area contributed by atoms with Gasteiger partial charge in [0.15, 0.2) is 0 Å². The molecule has 1 rings (SSSR count). The third-order valence-electron chi connectivity index (χ3n) is 4.46. The molecule has 4 atom stereocenters. The molecule has 1 fully saturated rings. The van der Waals surface area contributed by atoms with Gasteiger partial charge in [-0.25, -0.2) is 4.79 Å². The van der Waals surface area contributed by atoms with Gasteiger partial charge in [0.05, 0.1) is 12.5 Å². The van der Waals surface area contributed by atoms with Crippen LogP contribution in [0.5, 0.6) is 0 Å². The van der Waals surface area contributed by atoms with Crippen LogP contribution in [0.15, 0.2) is 0 Å². The van der Waals surface area contributed by atoms with Crippen molar-refractivity contribution in [2.24, 2.45) is 5.73 Å². The number of hydrogen-bond donors (Lipinski definition) is 7. The number of carbonyl (C=O) groups excluding carboxylic acids is 4. The van der Waals surface area contributed by atoms with E-state index >= 15 is 0 Å². The highest BCUT2D eigenvalue weighted by molar-refractivity contribution is 7.98. The van der Waals surface area contributed by atoms with Gasteiger partial charge in [0, 0.05) is 5.75 Å². The maximum Gasteiger partial charge on any atom is 0.326 e. The molecule has 0 aliphatic carbocycles. The summed E-state index contributed by atoms with van der Waals surface area (Å²) in [5.41, 5.74) is 5.18. The fourth-order valence-corrected chi connectivity index (χ4v) is 3.55. The minimum absolute atomic E-state index is 0.117. The van der Waals surface area contributed by atoms with Gasteiger partial charge in [0.25, 0.3) is 0 Å². The van der Waals surface area contributed by atoms with E-state index in [0.29, 0.717) is 18.7 Å². The fraction of sp³-hybridized carbons (Fsp3) is 0.706.